The minimum atomic E-state index is 0.226. The van der Waals surface area contributed by atoms with Gasteiger partial charge in [0.2, 0.25) is 5.82 Å². The van der Waals surface area contributed by atoms with Crippen LogP contribution >= 0.6 is 0 Å². The Labute approximate surface area is 163 Å². The van der Waals surface area contributed by atoms with E-state index < -0.39 is 0 Å². The van der Waals surface area contributed by atoms with E-state index in [9.17, 15) is 0 Å². The van der Waals surface area contributed by atoms with E-state index in [-0.39, 0.29) is 6.61 Å². The highest BCUT2D eigenvalue weighted by Gasteiger charge is 2.20. The number of hydrogen-bond donors (Lipinski definition) is 0. The van der Waals surface area contributed by atoms with Gasteiger partial charge in [-0.3, -0.25) is 4.98 Å². The van der Waals surface area contributed by atoms with Crippen molar-refractivity contribution >= 4 is 16.6 Å². The van der Waals surface area contributed by atoms with E-state index in [1.54, 1.807) is 34.7 Å². The van der Waals surface area contributed by atoms with Crippen LogP contribution in [0.5, 0.6) is 11.8 Å². The lowest BCUT2D eigenvalue weighted by molar-refractivity contribution is 0.226. The third-order valence-corrected chi connectivity index (χ3v) is 4.25. The van der Waals surface area contributed by atoms with Crippen molar-refractivity contribution < 1.29 is 14.0 Å². The second-order valence-corrected chi connectivity index (χ2v) is 6.07. The van der Waals surface area contributed by atoms with Gasteiger partial charge in [0.1, 0.15) is 12.1 Å². The van der Waals surface area contributed by atoms with E-state index in [0.29, 0.717) is 41.1 Å². The lowest BCUT2D eigenvalue weighted by Gasteiger charge is -2.08. The lowest BCUT2D eigenvalue weighted by atomic mass is 10.3. The maximum absolute atomic E-state index is 5.94. The van der Waals surface area contributed by atoms with Crippen molar-refractivity contribution in [3.63, 3.8) is 0 Å². The summed E-state index contributed by atoms with van der Waals surface area (Å²) in [4.78, 5) is 4.40. The lowest BCUT2D eigenvalue weighted by Crippen LogP contribution is -2.07. The first-order valence-corrected chi connectivity index (χ1v) is 8.81. The molecule has 0 radical (unpaired) electrons. The predicted molar refractivity (Wildman–Crippen MR) is 98.1 cm³/mol. The first kappa shape index (κ1) is 17.0. The fourth-order valence-corrected chi connectivity index (χ4v) is 2.85. The molecular weight excluding hydrogens is 378 g/mol. The van der Waals surface area contributed by atoms with Crippen molar-refractivity contribution in [3.8, 4) is 23.3 Å². The van der Waals surface area contributed by atoms with Crippen LogP contribution in [0.2, 0.25) is 0 Å². The van der Waals surface area contributed by atoms with Gasteiger partial charge in [-0.05, 0) is 19.1 Å². The SMILES string of the molecule is CCOc1cc(-c2nnc3c4cccnc4c(OCc4cnnn4C)nn23)no1. The number of pyridine rings is 1. The Morgan fingerprint density at radius 1 is 1.21 bits per heavy atom. The van der Waals surface area contributed by atoms with Crippen molar-refractivity contribution in [2.45, 2.75) is 13.5 Å². The fourth-order valence-electron chi connectivity index (χ4n) is 2.85. The highest BCUT2D eigenvalue weighted by molar-refractivity contribution is 5.94. The number of rotatable bonds is 6. The van der Waals surface area contributed by atoms with Crippen LogP contribution in [0, 0.1) is 0 Å². The van der Waals surface area contributed by atoms with Crippen molar-refractivity contribution in [1.29, 1.82) is 0 Å². The normalized spacial score (nSPS) is 11.4. The first-order valence-electron chi connectivity index (χ1n) is 8.81. The van der Waals surface area contributed by atoms with Crippen LogP contribution in [-0.2, 0) is 13.7 Å². The molecule has 0 fully saturated rings. The van der Waals surface area contributed by atoms with Crippen LogP contribution < -0.4 is 9.47 Å². The van der Waals surface area contributed by atoms with Gasteiger partial charge in [0, 0.05) is 13.2 Å². The maximum atomic E-state index is 5.94. The van der Waals surface area contributed by atoms with E-state index in [1.165, 1.54) is 0 Å². The summed E-state index contributed by atoms with van der Waals surface area (Å²) >= 11 is 0. The summed E-state index contributed by atoms with van der Waals surface area (Å²) in [5.74, 6) is 1.01. The third kappa shape index (κ3) is 2.90. The number of aryl methyl sites for hydroxylation is 1. The van der Waals surface area contributed by atoms with Crippen LogP contribution in [0.15, 0.2) is 35.1 Å². The van der Waals surface area contributed by atoms with E-state index in [4.69, 9.17) is 14.0 Å². The Kier molecular flexibility index (Phi) is 4.00. The summed E-state index contributed by atoms with van der Waals surface area (Å²) in [6, 6.07) is 5.33. The molecule has 0 N–H and O–H groups in total. The minimum absolute atomic E-state index is 0.226. The summed E-state index contributed by atoms with van der Waals surface area (Å²) in [6.07, 6.45) is 3.30. The Morgan fingerprint density at radius 3 is 2.97 bits per heavy atom. The van der Waals surface area contributed by atoms with Gasteiger partial charge in [-0.25, -0.2) is 4.68 Å². The van der Waals surface area contributed by atoms with Gasteiger partial charge in [-0.1, -0.05) is 10.4 Å². The van der Waals surface area contributed by atoms with Crippen LogP contribution in [0.25, 0.3) is 28.1 Å². The molecule has 0 aromatic carbocycles. The fraction of sp³-hybridized carbons (Fsp3) is 0.235. The van der Waals surface area contributed by atoms with Crippen molar-refractivity contribution in [2.75, 3.05) is 6.61 Å². The minimum Gasteiger partial charge on any atom is -0.469 e. The van der Waals surface area contributed by atoms with Crippen molar-refractivity contribution in [2.24, 2.45) is 7.05 Å². The Bertz CT molecular complexity index is 1310. The monoisotopic (exact) mass is 393 g/mol. The summed E-state index contributed by atoms with van der Waals surface area (Å²) in [5, 5.41) is 25.5. The molecule has 0 aliphatic carbocycles. The Hall–Kier alpha value is -4.09. The molecular formula is C17H15N9O3. The van der Waals surface area contributed by atoms with E-state index in [2.05, 4.69) is 35.7 Å². The molecule has 5 aromatic rings. The highest BCUT2D eigenvalue weighted by Crippen LogP contribution is 2.28. The number of hydrogen-bond acceptors (Lipinski definition) is 10. The zero-order valence-electron chi connectivity index (χ0n) is 15.6. The largest absolute Gasteiger partial charge is 0.469 e. The van der Waals surface area contributed by atoms with Crippen LogP contribution in [0.1, 0.15) is 12.6 Å². The summed E-state index contributed by atoms with van der Waals surface area (Å²) in [6.45, 7) is 2.55. The molecule has 0 aliphatic heterocycles. The summed E-state index contributed by atoms with van der Waals surface area (Å²) < 4.78 is 19.6. The molecule has 0 saturated heterocycles. The third-order valence-electron chi connectivity index (χ3n) is 4.25. The first-order chi connectivity index (χ1) is 14.2. The molecule has 0 saturated carbocycles. The molecule has 0 aliphatic rings. The smallest absolute Gasteiger partial charge is 0.311 e. The molecule has 5 heterocycles. The van der Waals surface area contributed by atoms with E-state index in [0.717, 1.165) is 11.1 Å². The predicted octanol–water partition coefficient (Wildman–Crippen LogP) is 1.43. The second kappa shape index (κ2) is 6.82. The molecule has 0 amide bonds. The zero-order valence-corrected chi connectivity index (χ0v) is 15.6. The molecule has 0 atom stereocenters. The van der Waals surface area contributed by atoms with Crippen molar-refractivity contribution in [1.82, 2.24) is 44.9 Å². The standard InChI is InChI=1S/C17H15N9O3/c1-3-27-13-7-12(23-29-13)16-21-20-15-11-5-4-6-18-14(11)17(22-26(15)16)28-9-10-8-19-24-25(10)2/h4-8H,3,9H2,1-2H3. The quantitative estimate of drug-likeness (QED) is 0.417. The van der Waals surface area contributed by atoms with Crippen LogP contribution in [0.4, 0.5) is 0 Å². The van der Waals surface area contributed by atoms with Gasteiger partial charge in [-0.2, -0.15) is 4.52 Å². The van der Waals surface area contributed by atoms with E-state index >= 15 is 0 Å². The molecule has 5 rings (SSSR count). The van der Waals surface area contributed by atoms with Gasteiger partial charge in [0.15, 0.2) is 11.3 Å². The molecule has 0 bridgehead atoms. The molecule has 0 unspecified atom stereocenters. The molecule has 29 heavy (non-hydrogen) atoms. The number of ether oxygens (including phenoxy) is 2. The number of aromatic nitrogens is 9. The van der Waals surface area contributed by atoms with Gasteiger partial charge in [0.25, 0.3) is 5.88 Å². The van der Waals surface area contributed by atoms with Crippen LogP contribution in [-0.4, -0.2) is 51.6 Å². The van der Waals surface area contributed by atoms with Gasteiger partial charge in [0.05, 0.1) is 30.0 Å². The average molecular weight is 393 g/mol. The summed E-state index contributed by atoms with van der Waals surface area (Å²) in [5.41, 5.74) is 2.33. The zero-order chi connectivity index (χ0) is 19.8. The van der Waals surface area contributed by atoms with E-state index in [1.807, 2.05) is 19.1 Å². The second-order valence-electron chi connectivity index (χ2n) is 6.07. The topological polar surface area (TPSA) is 131 Å². The molecule has 12 heteroatoms. The number of fused-ring (bicyclic) bond motifs is 3. The highest BCUT2D eigenvalue weighted by atomic mass is 16.6. The Balaban J connectivity index is 1.62. The number of nitrogens with zero attached hydrogens (tertiary/aromatic N) is 9. The summed E-state index contributed by atoms with van der Waals surface area (Å²) in [7, 11) is 1.79. The van der Waals surface area contributed by atoms with Gasteiger partial charge in [-0.15, -0.1) is 20.4 Å². The average Bonchev–Trinajstić information content (AvgIpc) is 3.46. The van der Waals surface area contributed by atoms with Gasteiger partial charge < -0.3 is 14.0 Å². The van der Waals surface area contributed by atoms with Gasteiger partial charge >= 0.3 is 5.95 Å². The molecule has 12 nitrogen and oxygen atoms in total. The Morgan fingerprint density at radius 2 is 2.14 bits per heavy atom. The van der Waals surface area contributed by atoms with Crippen molar-refractivity contribution in [3.05, 3.63) is 36.3 Å². The maximum Gasteiger partial charge on any atom is 0.311 e. The molecule has 5 aromatic heterocycles. The van der Waals surface area contributed by atoms with Crippen LogP contribution in [0.3, 0.4) is 0 Å². The molecule has 146 valence electrons. The molecule has 0 spiro atoms.